The van der Waals surface area contributed by atoms with Gasteiger partial charge in [-0.2, -0.15) is 4.31 Å². The van der Waals surface area contributed by atoms with Gasteiger partial charge in [-0.15, -0.1) is 0 Å². The summed E-state index contributed by atoms with van der Waals surface area (Å²) in [6.45, 7) is 9.22. The van der Waals surface area contributed by atoms with Gasteiger partial charge in [0.25, 0.3) is 0 Å². The van der Waals surface area contributed by atoms with Gasteiger partial charge in [0.2, 0.25) is 10.0 Å². The SMILES string of the molecule is CCc1ccc(S(=O)(=O)N2CCN(C(=O)NC(C)(C)C)CC2)cc1. The van der Waals surface area contributed by atoms with Gasteiger partial charge >= 0.3 is 6.03 Å². The van der Waals surface area contributed by atoms with Crippen molar-refractivity contribution in [2.24, 2.45) is 0 Å². The van der Waals surface area contributed by atoms with E-state index in [0.717, 1.165) is 12.0 Å². The molecule has 1 aromatic carbocycles. The van der Waals surface area contributed by atoms with Crippen molar-refractivity contribution in [2.75, 3.05) is 26.2 Å². The Kier molecular flexibility index (Phi) is 5.55. The third kappa shape index (κ3) is 4.48. The molecule has 6 nitrogen and oxygen atoms in total. The Hall–Kier alpha value is -1.60. The van der Waals surface area contributed by atoms with Crippen LogP contribution in [0.5, 0.6) is 0 Å². The zero-order valence-electron chi connectivity index (χ0n) is 14.9. The third-order valence-electron chi connectivity index (χ3n) is 3.98. The zero-order valence-corrected chi connectivity index (χ0v) is 15.7. The van der Waals surface area contributed by atoms with Gasteiger partial charge in [-0.3, -0.25) is 0 Å². The molecule has 0 aliphatic carbocycles. The summed E-state index contributed by atoms with van der Waals surface area (Å²) >= 11 is 0. The molecule has 2 rings (SSSR count). The van der Waals surface area contributed by atoms with Gasteiger partial charge in [-0.25, -0.2) is 13.2 Å². The molecule has 1 aliphatic rings. The van der Waals surface area contributed by atoms with E-state index in [4.69, 9.17) is 0 Å². The molecule has 0 saturated carbocycles. The van der Waals surface area contributed by atoms with Crippen molar-refractivity contribution in [1.29, 1.82) is 0 Å². The van der Waals surface area contributed by atoms with Crippen LogP contribution < -0.4 is 5.32 Å². The number of aryl methyl sites for hydroxylation is 1. The van der Waals surface area contributed by atoms with Crippen molar-refractivity contribution in [1.82, 2.24) is 14.5 Å². The molecule has 1 aromatic rings. The van der Waals surface area contributed by atoms with Gasteiger partial charge in [-0.05, 0) is 44.9 Å². The van der Waals surface area contributed by atoms with E-state index >= 15 is 0 Å². The van der Waals surface area contributed by atoms with Gasteiger partial charge in [0.05, 0.1) is 4.90 Å². The summed E-state index contributed by atoms with van der Waals surface area (Å²) in [5.41, 5.74) is 0.805. The highest BCUT2D eigenvalue weighted by atomic mass is 32.2. The van der Waals surface area contributed by atoms with E-state index in [1.54, 1.807) is 17.0 Å². The van der Waals surface area contributed by atoms with Crippen molar-refractivity contribution in [3.63, 3.8) is 0 Å². The van der Waals surface area contributed by atoms with Crippen LogP contribution in [0.1, 0.15) is 33.3 Å². The number of carbonyl (C=O) groups excluding carboxylic acids is 1. The predicted molar refractivity (Wildman–Crippen MR) is 94.4 cm³/mol. The number of amides is 2. The smallest absolute Gasteiger partial charge is 0.317 e. The number of carbonyl (C=O) groups is 1. The van der Waals surface area contributed by atoms with Gasteiger partial charge in [0.15, 0.2) is 0 Å². The highest BCUT2D eigenvalue weighted by molar-refractivity contribution is 7.89. The molecule has 0 radical (unpaired) electrons. The molecular weight excluding hydrogens is 326 g/mol. The number of sulfonamides is 1. The minimum Gasteiger partial charge on any atom is -0.333 e. The summed E-state index contributed by atoms with van der Waals surface area (Å²) in [5.74, 6) is 0. The summed E-state index contributed by atoms with van der Waals surface area (Å²) in [6, 6.07) is 6.87. The molecule has 1 saturated heterocycles. The van der Waals surface area contributed by atoms with E-state index in [-0.39, 0.29) is 11.6 Å². The number of hydrogen-bond donors (Lipinski definition) is 1. The Morgan fingerprint density at radius 3 is 2.08 bits per heavy atom. The van der Waals surface area contributed by atoms with Crippen LogP contribution in [0.4, 0.5) is 4.79 Å². The molecule has 7 heteroatoms. The van der Waals surface area contributed by atoms with Crippen LogP contribution in [0.2, 0.25) is 0 Å². The van der Waals surface area contributed by atoms with Crippen molar-refractivity contribution < 1.29 is 13.2 Å². The highest BCUT2D eigenvalue weighted by Gasteiger charge is 2.30. The Balaban J connectivity index is 2.01. The maximum Gasteiger partial charge on any atom is 0.317 e. The number of piperazine rings is 1. The van der Waals surface area contributed by atoms with Crippen molar-refractivity contribution in [3.05, 3.63) is 29.8 Å². The lowest BCUT2D eigenvalue weighted by molar-refractivity contribution is 0.165. The van der Waals surface area contributed by atoms with E-state index in [1.807, 2.05) is 39.8 Å². The molecule has 1 N–H and O–H groups in total. The number of urea groups is 1. The molecular formula is C17H27N3O3S. The Morgan fingerprint density at radius 1 is 1.08 bits per heavy atom. The first-order valence-electron chi connectivity index (χ1n) is 8.29. The summed E-state index contributed by atoms with van der Waals surface area (Å²) in [5, 5.41) is 2.91. The van der Waals surface area contributed by atoms with E-state index in [9.17, 15) is 13.2 Å². The van der Waals surface area contributed by atoms with E-state index in [0.29, 0.717) is 31.1 Å². The lowest BCUT2D eigenvalue weighted by atomic mass is 10.1. The summed E-state index contributed by atoms with van der Waals surface area (Å²) in [6.07, 6.45) is 0.877. The normalized spacial score (nSPS) is 16.9. The van der Waals surface area contributed by atoms with E-state index in [1.165, 1.54) is 4.31 Å². The van der Waals surface area contributed by atoms with E-state index in [2.05, 4.69) is 5.32 Å². The first-order valence-corrected chi connectivity index (χ1v) is 9.73. The van der Waals surface area contributed by atoms with Gasteiger partial charge in [0.1, 0.15) is 0 Å². The van der Waals surface area contributed by atoms with E-state index < -0.39 is 10.0 Å². The second-order valence-corrected chi connectivity index (χ2v) is 9.01. The van der Waals surface area contributed by atoms with Crippen molar-refractivity contribution >= 4 is 16.1 Å². The molecule has 1 aliphatic heterocycles. The van der Waals surface area contributed by atoms with Crippen LogP contribution in [0, 0.1) is 0 Å². The lowest BCUT2D eigenvalue weighted by Crippen LogP contribution is -2.55. The van der Waals surface area contributed by atoms with Gasteiger partial charge in [-0.1, -0.05) is 19.1 Å². The second kappa shape index (κ2) is 7.11. The predicted octanol–water partition coefficient (Wildman–Crippen LogP) is 2.06. The average molecular weight is 353 g/mol. The van der Waals surface area contributed by atoms with Crippen LogP contribution in [0.25, 0.3) is 0 Å². The third-order valence-corrected chi connectivity index (χ3v) is 5.89. The number of nitrogens with zero attached hydrogens (tertiary/aromatic N) is 2. The second-order valence-electron chi connectivity index (χ2n) is 7.07. The molecule has 0 aromatic heterocycles. The van der Waals surface area contributed by atoms with Gasteiger partial charge < -0.3 is 10.2 Å². The molecule has 1 heterocycles. The van der Waals surface area contributed by atoms with Gasteiger partial charge in [0, 0.05) is 31.7 Å². The maximum absolute atomic E-state index is 12.7. The zero-order chi connectivity index (χ0) is 18.0. The summed E-state index contributed by atoms with van der Waals surface area (Å²) < 4.78 is 26.9. The molecule has 24 heavy (non-hydrogen) atoms. The van der Waals surface area contributed by atoms with Crippen LogP contribution in [-0.4, -0.2) is 55.4 Å². The summed E-state index contributed by atoms with van der Waals surface area (Å²) in [7, 11) is -3.50. The number of rotatable bonds is 3. The molecule has 2 amide bonds. The number of hydrogen-bond acceptors (Lipinski definition) is 3. The molecule has 0 spiro atoms. The monoisotopic (exact) mass is 353 g/mol. The molecule has 0 unspecified atom stereocenters. The maximum atomic E-state index is 12.7. The fourth-order valence-corrected chi connectivity index (χ4v) is 4.00. The number of nitrogens with one attached hydrogen (secondary N) is 1. The number of benzene rings is 1. The summed E-state index contributed by atoms with van der Waals surface area (Å²) in [4.78, 5) is 14.1. The Labute approximate surface area is 144 Å². The standard InChI is InChI=1S/C17H27N3O3S/c1-5-14-6-8-15(9-7-14)24(22,23)20-12-10-19(11-13-20)16(21)18-17(2,3)4/h6-9H,5,10-13H2,1-4H3,(H,18,21). The van der Waals surface area contributed by atoms with Crippen LogP contribution in [0.3, 0.4) is 0 Å². The first-order chi connectivity index (χ1) is 11.1. The fraction of sp³-hybridized carbons (Fsp3) is 0.588. The average Bonchev–Trinajstić information content (AvgIpc) is 2.53. The van der Waals surface area contributed by atoms with Crippen molar-refractivity contribution in [3.8, 4) is 0 Å². The Bertz CT molecular complexity index is 670. The lowest BCUT2D eigenvalue weighted by Gasteiger charge is -2.35. The topological polar surface area (TPSA) is 69.7 Å². The molecule has 0 bridgehead atoms. The van der Waals surface area contributed by atoms with Crippen LogP contribution in [0.15, 0.2) is 29.2 Å². The van der Waals surface area contributed by atoms with Crippen LogP contribution in [-0.2, 0) is 16.4 Å². The quantitative estimate of drug-likeness (QED) is 0.904. The van der Waals surface area contributed by atoms with Crippen molar-refractivity contribution in [2.45, 2.75) is 44.6 Å². The molecule has 1 fully saturated rings. The highest BCUT2D eigenvalue weighted by Crippen LogP contribution is 2.18. The molecule has 0 atom stereocenters. The minimum absolute atomic E-state index is 0.146. The molecule has 134 valence electrons. The Morgan fingerprint density at radius 2 is 1.62 bits per heavy atom. The minimum atomic E-state index is -3.50. The largest absolute Gasteiger partial charge is 0.333 e. The van der Waals surface area contributed by atoms with Crippen LogP contribution >= 0.6 is 0 Å². The first kappa shape index (κ1) is 18.7. The fourth-order valence-electron chi connectivity index (χ4n) is 2.58.